The molecule has 0 radical (unpaired) electrons. The summed E-state index contributed by atoms with van der Waals surface area (Å²) in [5, 5.41) is 13.8. The summed E-state index contributed by atoms with van der Waals surface area (Å²) >= 11 is 12.2. The lowest BCUT2D eigenvalue weighted by Gasteiger charge is -2.26. The van der Waals surface area contributed by atoms with Crippen LogP contribution in [0.15, 0.2) is 77.3 Å². The van der Waals surface area contributed by atoms with Crippen molar-refractivity contribution in [3.8, 4) is 11.3 Å². The summed E-state index contributed by atoms with van der Waals surface area (Å²) in [6.45, 7) is 4.14. The van der Waals surface area contributed by atoms with Crippen molar-refractivity contribution in [2.24, 2.45) is 0 Å². The monoisotopic (exact) mass is 503 g/mol. The maximum Gasteiger partial charge on any atom is 0.335 e. The highest BCUT2D eigenvalue weighted by Crippen LogP contribution is 2.43. The van der Waals surface area contributed by atoms with Crippen LogP contribution in [0.3, 0.4) is 0 Å². The number of aryl methyl sites for hydroxylation is 2. The molecule has 0 amide bonds. The number of hydrogen-bond acceptors (Lipinski definition) is 4. The van der Waals surface area contributed by atoms with E-state index >= 15 is 0 Å². The normalized spacial score (nSPS) is 17.5. The van der Waals surface area contributed by atoms with Gasteiger partial charge in [0.2, 0.25) is 0 Å². The standard InChI is InChI=1S/C27H22ClN3O3S/c1-15-6-8-18(13-16(15)2)31-25(24(30-27(31)35)21-5-3-4-12-29-21)23-11-10-22(34-23)19-14-17(26(32)33)7-9-20(19)28/h3-14,24-25H,1-2H3,(H,30,35)(H,32,33). The van der Waals surface area contributed by atoms with Crippen LogP contribution in [-0.2, 0) is 0 Å². The van der Waals surface area contributed by atoms with Crippen molar-refractivity contribution in [1.82, 2.24) is 10.3 Å². The first-order valence-electron chi connectivity index (χ1n) is 11.0. The molecular weight excluding hydrogens is 482 g/mol. The SMILES string of the molecule is Cc1ccc(N2C(=S)NC(c3ccccn3)C2c2ccc(-c3cc(C(=O)O)ccc3Cl)o2)cc1C. The van der Waals surface area contributed by atoms with Gasteiger partial charge in [-0.25, -0.2) is 4.79 Å². The van der Waals surface area contributed by atoms with Gasteiger partial charge >= 0.3 is 5.97 Å². The van der Waals surface area contributed by atoms with E-state index < -0.39 is 5.97 Å². The third-order valence-corrected chi connectivity index (χ3v) is 6.91. The second-order valence-corrected chi connectivity index (χ2v) is 9.26. The van der Waals surface area contributed by atoms with E-state index in [9.17, 15) is 9.90 Å². The molecule has 3 heterocycles. The number of hydrogen-bond donors (Lipinski definition) is 2. The van der Waals surface area contributed by atoms with Crippen molar-refractivity contribution in [2.75, 3.05) is 4.90 Å². The van der Waals surface area contributed by atoms with Crippen molar-refractivity contribution in [1.29, 1.82) is 0 Å². The smallest absolute Gasteiger partial charge is 0.335 e. The fourth-order valence-electron chi connectivity index (χ4n) is 4.30. The van der Waals surface area contributed by atoms with Gasteiger partial charge < -0.3 is 19.7 Å². The number of nitrogens with one attached hydrogen (secondary N) is 1. The number of aromatic carboxylic acids is 1. The molecule has 2 atom stereocenters. The quantitative estimate of drug-likeness (QED) is 0.301. The topological polar surface area (TPSA) is 78.6 Å². The molecule has 2 unspecified atom stereocenters. The Bertz CT molecular complexity index is 1440. The Morgan fingerprint density at radius 2 is 1.91 bits per heavy atom. The average Bonchev–Trinajstić information content (AvgIpc) is 3.46. The molecule has 5 rings (SSSR count). The van der Waals surface area contributed by atoms with Crippen molar-refractivity contribution in [2.45, 2.75) is 25.9 Å². The minimum atomic E-state index is -1.03. The summed E-state index contributed by atoms with van der Waals surface area (Å²) in [6.07, 6.45) is 1.75. The lowest BCUT2D eigenvalue weighted by atomic mass is 10.0. The van der Waals surface area contributed by atoms with Crippen molar-refractivity contribution >= 4 is 40.6 Å². The molecule has 176 valence electrons. The molecule has 0 spiro atoms. The fourth-order valence-corrected chi connectivity index (χ4v) is 4.86. The zero-order chi connectivity index (χ0) is 24.7. The first kappa shape index (κ1) is 23.1. The van der Waals surface area contributed by atoms with Crippen LogP contribution in [-0.4, -0.2) is 21.2 Å². The molecular formula is C27H22ClN3O3S. The van der Waals surface area contributed by atoms with Crippen LogP contribution < -0.4 is 10.2 Å². The Kier molecular flexibility index (Phi) is 6.05. The van der Waals surface area contributed by atoms with E-state index in [1.807, 2.05) is 35.2 Å². The Morgan fingerprint density at radius 3 is 2.63 bits per heavy atom. The van der Waals surface area contributed by atoms with Gasteiger partial charge in [-0.15, -0.1) is 0 Å². The third kappa shape index (κ3) is 4.29. The minimum Gasteiger partial charge on any atom is -0.478 e. The van der Waals surface area contributed by atoms with Gasteiger partial charge in [0, 0.05) is 17.4 Å². The molecule has 8 heteroatoms. The summed E-state index contributed by atoms with van der Waals surface area (Å²) in [5.74, 6) is 0.0971. The number of furan rings is 1. The number of pyridine rings is 1. The van der Waals surface area contributed by atoms with Gasteiger partial charge in [0.25, 0.3) is 0 Å². The zero-order valence-corrected chi connectivity index (χ0v) is 20.6. The van der Waals surface area contributed by atoms with E-state index in [1.165, 1.54) is 17.7 Å². The Balaban J connectivity index is 1.62. The first-order chi connectivity index (χ1) is 16.8. The highest BCUT2D eigenvalue weighted by atomic mass is 35.5. The lowest BCUT2D eigenvalue weighted by Crippen LogP contribution is -2.29. The van der Waals surface area contributed by atoms with Crippen LogP contribution >= 0.6 is 23.8 Å². The van der Waals surface area contributed by atoms with Gasteiger partial charge in [-0.05, 0) is 91.8 Å². The van der Waals surface area contributed by atoms with Gasteiger partial charge in [-0.2, -0.15) is 0 Å². The van der Waals surface area contributed by atoms with Crippen molar-refractivity contribution in [3.63, 3.8) is 0 Å². The second-order valence-electron chi connectivity index (χ2n) is 8.47. The number of carboxylic acid groups (broad SMARTS) is 1. The Labute approximate surface area is 213 Å². The molecule has 0 aliphatic carbocycles. The van der Waals surface area contributed by atoms with Crippen LogP contribution in [0.25, 0.3) is 11.3 Å². The third-order valence-electron chi connectivity index (χ3n) is 6.26. The molecule has 2 aromatic heterocycles. The van der Waals surface area contributed by atoms with Gasteiger partial charge in [0.1, 0.15) is 17.6 Å². The van der Waals surface area contributed by atoms with Crippen LogP contribution in [0.5, 0.6) is 0 Å². The van der Waals surface area contributed by atoms with Crippen molar-refractivity contribution < 1.29 is 14.3 Å². The Morgan fingerprint density at radius 1 is 1.09 bits per heavy atom. The number of anilines is 1. The molecule has 1 fully saturated rings. The highest BCUT2D eigenvalue weighted by Gasteiger charge is 2.42. The second kappa shape index (κ2) is 9.17. The summed E-state index contributed by atoms with van der Waals surface area (Å²) in [5.41, 5.74) is 4.77. The van der Waals surface area contributed by atoms with Crippen LogP contribution in [0.2, 0.25) is 5.02 Å². The zero-order valence-electron chi connectivity index (χ0n) is 19.0. The van der Waals surface area contributed by atoms with E-state index in [4.69, 9.17) is 28.2 Å². The predicted octanol–water partition coefficient (Wildman–Crippen LogP) is 6.49. The lowest BCUT2D eigenvalue weighted by molar-refractivity contribution is 0.0697. The van der Waals surface area contributed by atoms with E-state index in [1.54, 1.807) is 18.3 Å². The van der Waals surface area contributed by atoms with Gasteiger partial charge in [0.15, 0.2) is 5.11 Å². The minimum absolute atomic E-state index is 0.134. The first-order valence-corrected chi connectivity index (χ1v) is 11.8. The van der Waals surface area contributed by atoms with E-state index in [-0.39, 0.29) is 17.6 Å². The molecule has 0 saturated carbocycles. The molecule has 2 aromatic carbocycles. The number of benzene rings is 2. The number of aromatic nitrogens is 1. The number of carbonyl (C=O) groups is 1. The summed E-state index contributed by atoms with van der Waals surface area (Å²) < 4.78 is 6.33. The number of halogens is 1. The number of thiocarbonyl (C=S) groups is 1. The summed E-state index contributed by atoms with van der Waals surface area (Å²) in [7, 11) is 0. The van der Waals surface area contributed by atoms with Crippen LogP contribution in [0, 0.1) is 13.8 Å². The maximum atomic E-state index is 11.5. The van der Waals surface area contributed by atoms with Crippen molar-refractivity contribution in [3.05, 3.63) is 106 Å². The molecule has 2 N–H and O–H groups in total. The largest absolute Gasteiger partial charge is 0.478 e. The van der Waals surface area contributed by atoms with E-state index in [2.05, 4.69) is 36.3 Å². The van der Waals surface area contributed by atoms with E-state index in [0.717, 1.165) is 16.9 Å². The van der Waals surface area contributed by atoms with Gasteiger partial charge in [0.05, 0.1) is 22.3 Å². The molecule has 0 bridgehead atoms. The van der Waals surface area contributed by atoms with Gasteiger partial charge in [-0.3, -0.25) is 4.98 Å². The highest BCUT2D eigenvalue weighted by molar-refractivity contribution is 7.80. The fraction of sp³-hybridized carbons (Fsp3) is 0.148. The van der Waals surface area contributed by atoms with Crippen LogP contribution in [0.4, 0.5) is 5.69 Å². The summed E-state index contributed by atoms with van der Waals surface area (Å²) in [6, 6.07) is 19.6. The number of carboxylic acids is 1. The molecule has 6 nitrogen and oxygen atoms in total. The predicted molar refractivity (Wildman–Crippen MR) is 140 cm³/mol. The number of rotatable bonds is 5. The maximum absolute atomic E-state index is 11.5. The molecule has 1 aliphatic rings. The van der Waals surface area contributed by atoms with Gasteiger partial charge in [-0.1, -0.05) is 23.7 Å². The molecule has 4 aromatic rings. The molecule has 35 heavy (non-hydrogen) atoms. The average molecular weight is 504 g/mol. The Hall–Kier alpha value is -3.68. The molecule has 1 aliphatic heterocycles. The molecule has 1 saturated heterocycles. The summed E-state index contributed by atoms with van der Waals surface area (Å²) in [4.78, 5) is 18.1. The number of nitrogens with zero attached hydrogens (tertiary/aromatic N) is 2. The van der Waals surface area contributed by atoms with E-state index in [0.29, 0.717) is 27.2 Å². The van der Waals surface area contributed by atoms with Crippen LogP contribution in [0.1, 0.15) is 45.0 Å².